The summed E-state index contributed by atoms with van der Waals surface area (Å²) in [6.45, 7) is 2.99. The van der Waals surface area contributed by atoms with Crippen molar-refractivity contribution < 1.29 is 0 Å². The zero-order valence-corrected chi connectivity index (χ0v) is 14.1. The van der Waals surface area contributed by atoms with Crippen LogP contribution in [0.15, 0.2) is 24.8 Å². The van der Waals surface area contributed by atoms with E-state index in [4.69, 9.17) is 4.98 Å². The third kappa shape index (κ3) is 2.59. The molecule has 0 radical (unpaired) electrons. The zero-order valence-electron chi connectivity index (χ0n) is 14.1. The molecule has 0 amide bonds. The average Bonchev–Trinajstić information content (AvgIpc) is 3.17. The Hall–Kier alpha value is -2.70. The molecule has 3 aromatic rings. The first-order valence-electron chi connectivity index (χ1n) is 9.01. The third-order valence-corrected chi connectivity index (χ3v) is 5.33. The molecular formula is C18H21N7. The number of anilines is 2. The second-order valence-corrected chi connectivity index (χ2v) is 6.83. The number of hydrogen-bond donors (Lipinski definition) is 2. The van der Waals surface area contributed by atoms with E-state index in [1.807, 2.05) is 0 Å². The van der Waals surface area contributed by atoms with Crippen LogP contribution < -0.4 is 10.2 Å². The molecule has 0 atom stereocenters. The van der Waals surface area contributed by atoms with Gasteiger partial charge in [-0.15, -0.1) is 0 Å². The number of pyridine rings is 1. The first-order chi connectivity index (χ1) is 12.4. The molecular weight excluding hydrogens is 314 g/mol. The molecule has 128 valence electrons. The Balaban J connectivity index is 1.34. The van der Waals surface area contributed by atoms with Gasteiger partial charge in [0.25, 0.3) is 0 Å². The molecule has 0 aromatic carbocycles. The Morgan fingerprint density at radius 1 is 1.08 bits per heavy atom. The Morgan fingerprint density at radius 3 is 2.92 bits per heavy atom. The van der Waals surface area contributed by atoms with Crippen LogP contribution in [-0.2, 0) is 6.42 Å². The summed E-state index contributed by atoms with van der Waals surface area (Å²) in [5.41, 5.74) is 4.24. The minimum absolute atomic E-state index is 0.518. The van der Waals surface area contributed by atoms with E-state index in [1.165, 1.54) is 17.7 Å². The van der Waals surface area contributed by atoms with Crippen molar-refractivity contribution in [3.63, 3.8) is 0 Å². The van der Waals surface area contributed by atoms with Crippen LogP contribution in [0.1, 0.15) is 36.4 Å². The maximum atomic E-state index is 4.90. The highest BCUT2D eigenvalue weighted by atomic mass is 15.2. The molecule has 2 aliphatic heterocycles. The number of aryl methyl sites for hydroxylation is 1. The minimum Gasteiger partial charge on any atom is -0.370 e. The number of aromatic amines is 1. The highest BCUT2D eigenvalue weighted by Crippen LogP contribution is 2.32. The second kappa shape index (κ2) is 5.98. The van der Waals surface area contributed by atoms with Crippen molar-refractivity contribution in [2.45, 2.75) is 31.6 Å². The molecule has 2 aliphatic rings. The zero-order chi connectivity index (χ0) is 16.6. The molecule has 0 unspecified atom stereocenters. The Morgan fingerprint density at radius 2 is 2.00 bits per heavy atom. The summed E-state index contributed by atoms with van der Waals surface area (Å²) in [4.78, 5) is 23.3. The topological polar surface area (TPSA) is 82.6 Å². The summed E-state index contributed by atoms with van der Waals surface area (Å²) in [6.07, 6.45) is 7.80. The highest BCUT2D eigenvalue weighted by molar-refractivity contribution is 5.82. The molecule has 0 spiro atoms. The quantitative estimate of drug-likeness (QED) is 0.749. The SMILES string of the molecule is c1nc(N2CCC(c3ccc4c(n3)NCCC4)CC2)c2[nH]cnc2n1. The summed E-state index contributed by atoms with van der Waals surface area (Å²) in [6, 6.07) is 4.48. The van der Waals surface area contributed by atoms with E-state index >= 15 is 0 Å². The van der Waals surface area contributed by atoms with Crippen LogP contribution in [-0.4, -0.2) is 44.6 Å². The minimum atomic E-state index is 0.518. The van der Waals surface area contributed by atoms with Crippen LogP contribution in [0.3, 0.4) is 0 Å². The average molecular weight is 335 g/mol. The van der Waals surface area contributed by atoms with Gasteiger partial charge in [-0.05, 0) is 37.3 Å². The van der Waals surface area contributed by atoms with Crippen LogP contribution >= 0.6 is 0 Å². The van der Waals surface area contributed by atoms with E-state index in [0.29, 0.717) is 5.92 Å². The van der Waals surface area contributed by atoms with Gasteiger partial charge in [-0.3, -0.25) is 0 Å². The second-order valence-electron chi connectivity index (χ2n) is 6.83. The van der Waals surface area contributed by atoms with Gasteiger partial charge >= 0.3 is 0 Å². The number of nitrogens with one attached hydrogen (secondary N) is 2. The van der Waals surface area contributed by atoms with E-state index in [2.05, 4.69) is 42.3 Å². The lowest BCUT2D eigenvalue weighted by molar-refractivity contribution is 0.494. The molecule has 1 saturated heterocycles. The summed E-state index contributed by atoms with van der Waals surface area (Å²) in [5, 5.41) is 3.44. The summed E-state index contributed by atoms with van der Waals surface area (Å²) in [5.74, 6) is 2.58. The van der Waals surface area contributed by atoms with E-state index in [9.17, 15) is 0 Å². The van der Waals surface area contributed by atoms with E-state index in [-0.39, 0.29) is 0 Å². The fourth-order valence-corrected chi connectivity index (χ4v) is 3.95. The maximum absolute atomic E-state index is 4.90. The smallest absolute Gasteiger partial charge is 0.182 e. The number of imidazole rings is 1. The Bertz CT molecular complexity index is 895. The number of piperidine rings is 1. The molecule has 0 saturated carbocycles. The molecule has 0 aliphatic carbocycles. The molecule has 5 heterocycles. The predicted molar refractivity (Wildman–Crippen MR) is 96.9 cm³/mol. The first kappa shape index (κ1) is 14.6. The number of nitrogens with zero attached hydrogens (tertiary/aromatic N) is 5. The predicted octanol–water partition coefficient (Wildman–Crippen LogP) is 2.49. The van der Waals surface area contributed by atoms with Gasteiger partial charge < -0.3 is 15.2 Å². The lowest BCUT2D eigenvalue weighted by Crippen LogP contribution is -2.34. The lowest BCUT2D eigenvalue weighted by Gasteiger charge is -2.33. The normalized spacial score (nSPS) is 18.2. The van der Waals surface area contributed by atoms with Crippen LogP contribution in [0.25, 0.3) is 11.2 Å². The fraction of sp³-hybridized carbons (Fsp3) is 0.444. The van der Waals surface area contributed by atoms with Gasteiger partial charge in [-0.1, -0.05) is 6.07 Å². The van der Waals surface area contributed by atoms with Gasteiger partial charge in [0.05, 0.1) is 6.33 Å². The van der Waals surface area contributed by atoms with Gasteiger partial charge in [0.2, 0.25) is 0 Å². The van der Waals surface area contributed by atoms with Crippen molar-refractivity contribution >= 4 is 22.8 Å². The van der Waals surface area contributed by atoms with Crippen molar-refractivity contribution in [2.75, 3.05) is 29.9 Å². The molecule has 1 fully saturated rings. The fourth-order valence-electron chi connectivity index (χ4n) is 3.95. The lowest BCUT2D eigenvalue weighted by atomic mass is 9.92. The van der Waals surface area contributed by atoms with Crippen molar-refractivity contribution in [3.8, 4) is 0 Å². The van der Waals surface area contributed by atoms with Crippen LogP contribution in [0.4, 0.5) is 11.6 Å². The van der Waals surface area contributed by atoms with Crippen LogP contribution in [0.2, 0.25) is 0 Å². The van der Waals surface area contributed by atoms with E-state index in [1.54, 1.807) is 12.7 Å². The van der Waals surface area contributed by atoms with E-state index < -0.39 is 0 Å². The molecule has 0 bridgehead atoms. The standard InChI is InChI=1S/C18H21N7/c1-2-13-3-4-14(24-16(13)19-7-1)12-5-8-25(9-6-12)18-15-17(21-10-20-15)22-11-23-18/h3-4,10-12H,1-2,5-9H2,(H,19,24)(H,20,21,22,23). The maximum Gasteiger partial charge on any atom is 0.182 e. The van der Waals surface area contributed by atoms with Gasteiger partial charge in [-0.2, -0.15) is 0 Å². The molecule has 7 heteroatoms. The van der Waals surface area contributed by atoms with Crippen molar-refractivity contribution in [2.24, 2.45) is 0 Å². The van der Waals surface area contributed by atoms with Crippen molar-refractivity contribution in [1.29, 1.82) is 0 Å². The van der Waals surface area contributed by atoms with Gasteiger partial charge in [-0.25, -0.2) is 19.9 Å². The molecule has 5 rings (SSSR count). The molecule has 3 aromatic heterocycles. The first-order valence-corrected chi connectivity index (χ1v) is 9.01. The number of aromatic nitrogens is 5. The van der Waals surface area contributed by atoms with Gasteiger partial charge in [0.1, 0.15) is 17.7 Å². The number of H-pyrrole nitrogens is 1. The molecule has 25 heavy (non-hydrogen) atoms. The van der Waals surface area contributed by atoms with Gasteiger partial charge in [0.15, 0.2) is 11.5 Å². The van der Waals surface area contributed by atoms with Crippen LogP contribution in [0.5, 0.6) is 0 Å². The van der Waals surface area contributed by atoms with E-state index in [0.717, 1.165) is 61.7 Å². The number of rotatable bonds is 2. The number of hydrogen-bond acceptors (Lipinski definition) is 6. The van der Waals surface area contributed by atoms with Gasteiger partial charge in [0, 0.05) is 31.2 Å². The summed E-state index contributed by atoms with van der Waals surface area (Å²) >= 11 is 0. The Labute approximate surface area is 145 Å². The highest BCUT2D eigenvalue weighted by Gasteiger charge is 2.25. The largest absolute Gasteiger partial charge is 0.370 e. The summed E-state index contributed by atoms with van der Waals surface area (Å²) < 4.78 is 0. The molecule has 7 nitrogen and oxygen atoms in total. The molecule has 2 N–H and O–H groups in total. The van der Waals surface area contributed by atoms with Crippen LogP contribution in [0, 0.1) is 0 Å². The van der Waals surface area contributed by atoms with Crippen molar-refractivity contribution in [1.82, 2.24) is 24.9 Å². The number of fused-ring (bicyclic) bond motifs is 2. The third-order valence-electron chi connectivity index (χ3n) is 5.33. The van der Waals surface area contributed by atoms with Crippen molar-refractivity contribution in [3.05, 3.63) is 36.0 Å². The monoisotopic (exact) mass is 335 g/mol. The summed E-state index contributed by atoms with van der Waals surface area (Å²) in [7, 11) is 0. The Kier molecular flexibility index (Phi) is 3.50.